The Hall–Kier alpha value is -1.53. The number of benzene rings is 1. The Morgan fingerprint density at radius 2 is 2.40 bits per heavy atom. The van der Waals surface area contributed by atoms with E-state index in [0.717, 1.165) is 25.2 Å². The number of rotatable bonds is 2. The molecule has 0 saturated carbocycles. The molecular formula is C12H15N3. The molecule has 1 aromatic rings. The zero-order valence-corrected chi connectivity index (χ0v) is 8.88. The highest BCUT2D eigenvalue weighted by atomic mass is 15.0. The Morgan fingerprint density at radius 3 is 3.07 bits per heavy atom. The first-order valence-corrected chi connectivity index (χ1v) is 5.27. The lowest BCUT2D eigenvalue weighted by atomic mass is 10.1. The van der Waals surface area contributed by atoms with Gasteiger partial charge in [-0.05, 0) is 37.6 Å². The van der Waals surface area contributed by atoms with Gasteiger partial charge in [0.1, 0.15) is 0 Å². The van der Waals surface area contributed by atoms with Gasteiger partial charge in [0.15, 0.2) is 0 Å². The third-order valence-corrected chi connectivity index (χ3v) is 2.79. The molecule has 0 aliphatic carbocycles. The van der Waals surface area contributed by atoms with Gasteiger partial charge < -0.3 is 10.6 Å². The Kier molecular flexibility index (Phi) is 2.89. The maximum atomic E-state index is 8.82. The summed E-state index contributed by atoms with van der Waals surface area (Å²) in [6, 6.07) is 8.43. The van der Waals surface area contributed by atoms with E-state index in [4.69, 9.17) is 5.26 Å². The quantitative estimate of drug-likeness (QED) is 0.764. The Morgan fingerprint density at radius 1 is 1.53 bits per heavy atom. The highest BCUT2D eigenvalue weighted by Gasteiger charge is 2.14. The molecular weight excluding hydrogens is 186 g/mol. The fourth-order valence-corrected chi connectivity index (χ4v) is 1.84. The van der Waals surface area contributed by atoms with Gasteiger partial charge in [-0.1, -0.05) is 6.07 Å². The van der Waals surface area contributed by atoms with E-state index in [0.29, 0.717) is 11.6 Å². The summed E-state index contributed by atoms with van der Waals surface area (Å²) in [5, 5.41) is 15.6. The van der Waals surface area contributed by atoms with Crippen LogP contribution in [0, 0.1) is 18.3 Å². The van der Waals surface area contributed by atoms with Gasteiger partial charge in [0, 0.05) is 18.3 Å². The molecule has 15 heavy (non-hydrogen) atoms. The second kappa shape index (κ2) is 4.33. The van der Waals surface area contributed by atoms with Crippen molar-refractivity contribution < 1.29 is 0 Å². The zero-order valence-electron chi connectivity index (χ0n) is 8.88. The van der Waals surface area contributed by atoms with Crippen LogP contribution in [0.15, 0.2) is 18.2 Å². The van der Waals surface area contributed by atoms with Crippen molar-refractivity contribution in [2.45, 2.75) is 19.4 Å². The topological polar surface area (TPSA) is 47.9 Å². The zero-order chi connectivity index (χ0) is 10.7. The third-order valence-electron chi connectivity index (χ3n) is 2.79. The highest BCUT2D eigenvalue weighted by molar-refractivity contribution is 5.55. The molecule has 0 amide bonds. The predicted octanol–water partition coefficient (Wildman–Crippen LogP) is 1.64. The summed E-state index contributed by atoms with van der Waals surface area (Å²) in [6.07, 6.45) is 1.15. The Bertz CT molecular complexity index is 386. The second-order valence-electron chi connectivity index (χ2n) is 3.98. The van der Waals surface area contributed by atoms with Crippen molar-refractivity contribution in [2.75, 3.05) is 18.4 Å². The van der Waals surface area contributed by atoms with E-state index in [9.17, 15) is 0 Å². The first kappa shape index (κ1) is 10.0. The molecule has 0 radical (unpaired) electrons. The number of nitrogens with zero attached hydrogens (tertiary/aromatic N) is 1. The van der Waals surface area contributed by atoms with E-state index in [1.54, 1.807) is 0 Å². The van der Waals surface area contributed by atoms with Gasteiger partial charge in [-0.3, -0.25) is 0 Å². The van der Waals surface area contributed by atoms with Crippen LogP contribution in [-0.2, 0) is 0 Å². The molecule has 1 aliphatic heterocycles. The van der Waals surface area contributed by atoms with Crippen molar-refractivity contribution >= 4 is 5.69 Å². The molecule has 2 rings (SSSR count). The van der Waals surface area contributed by atoms with Crippen LogP contribution in [0.5, 0.6) is 0 Å². The van der Waals surface area contributed by atoms with E-state index in [-0.39, 0.29) is 0 Å². The Labute approximate surface area is 90.1 Å². The van der Waals surface area contributed by atoms with Crippen molar-refractivity contribution in [3.8, 4) is 6.07 Å². The van der Waals surface area contributed by atoms with Crippen LogP contribution in [0.1, 0.15) is 17.5 Å². The molecule has 1 fully saturated rings. The van der Waals surface area contributed by atoms with E-state index in [2.05, 4.69) is 23.6 Å². The molecule has 1 unspecified atom stereocenters. The lowest BCUT2D eigenvalue weighted by Crippen LogP contribution is -2.22. The molecule has 0 aromatic heterocycles. The normalized spacial score (nSPS) is 19.9. The van der Waals surface area contributed by atoms with Crippen LogP contribution in [0.4, 0.5) is 5.69 Å². The molecule has 3 heteroatoms. The minimum Gasteiger partial charge on any atom is -0.381 e. The fraction of sp³-hybridized carbons (Fsp3) is 0.417. The van der Waals surface area contributed by atoms with Gasteiger partial charge in [0.05, 0.1) is 11.6 Å². The number of aryl methyl sites for hydroxylation is 1. The summed E-state index contributed by atoms with van der Waals surface area (Å²) in [5.74, 6) is 0. The molecule has 2 N–H and O–H groups in total. The first-order valence-electron chi connectivity index (χ1n) is 5.27. The molecule has 0 bridgehead atoms. The summed E-state index contributed by atoms with van der Waals surface area (Å²) in [4.78, 5) is 0. The standard InChI is InChI=1S/C12H15N3/c1-9-2-3-10(7-13)6-12(9)15-11-4-5-14-8-11/h2-3,6,11,14-15H,4-5,8H2,1H3. The molecule has 1 atom stereocenters. The number of anilines is 1. The van der Waals surface area contributed by atoms with Gasteiger partial charge in [-0.25, -0.2) is 0 Å². The second-order valence-corrected chi connectivity index (χ2v) is 3.98. The van der Waals surface area contributed by atoms with Crippen LogP contribution < -0.4 is 10.6 Å². The molecule has 1 aliphatic rings. The van der Waals surface area contributed by atoms with Crippen molar-refractivity contribution in [3.63, 3.8) is 0 Å². The van der Waals surface area contributed by atoms with E-state index in [1.807, 2.05) is 18.2 Å². The maximum absolute atomic E-state index is 8.82. The average molecular weight is 201 g/mol. The minimum atomic E-state index is 0.498. The van der Waals surface area contributed by atoms with Crippen LogP contribution in [0.3, 0.4) is 0 Å². The molecule has 1 aromatic carbocycles. The maximum Gasteiger partial charge on any atom is 0.0992 e. The summed E-state index contributed by atoms with van der Waals surface area (Å²) in [7, 11) is 0. The SMILES string of the molecule is Cc1ccc(C#N)cc1NC1CCNC1. The minimum absolute atomic E-state index is 0.498. The van der Waals surface area contributed by atoms with Crippen LogP contribution in [0.2, 0.25) is 0 Å². The monoisotopic (exact) mass is 201 g/mol. The van der Waals surface area contributed by atoms with E-state index in [1.165, 1.54) is 5.56 Å². The summed E-state index contributed by atoms with van der Waals surface area (Å²) >= 11 is 0. The van der Waals surface area contributed by atoms with Gasteiger partial charge in [-0.15, -0.1) is 0 Å². The summed E-state index contributed by atoms with van der Waals surface area (Å²) in [6.45, 7) is 4.15. The molecule has 0 spiro atoms. The number of hydrogen-bond donors (Lipinski definition) is 2. The smallest absolute Gasteiger partial charge is 0.0992 e. The fourth-order valence-electron chi connectivity index (χ4n) is 1.84. The number of nitriles is 1. The number of nitrogens with one attached hydrogen (secondary N) is 2. The van der Waals surface area contributed by atoms with Crippen molar-refractivity contribution in [3.05, 3.63) is 29.3 Å². The van der Waals surface area contributed by atoms with E-state index >= 15 is 0 Å². The summed E-state index contributed by atoms with van der Waals surface area (Å²) in [5.41, 5.74) is 3.00. The molecule has 1 saturated heterocycles. The summed E-state index contributed by atoms with van der Waals surface area (Å²) < 4.78 is 0. The average Bonchev–Trinajstić information content (AvgIpc) is 2.74. The molecule has 78 valence electrons. The first-order chi connectivity index (χ1) is 7.29. The van der Waals surface area contributed by atoms with Crippen LogP contribution in [0.25, 0.3) is 0 Å². The Balaban J connectivity index is 2.15. The van der Waals surface area contributed by atoms with Gasteiger partial charge in [-0.2, -0.15) is 5.26 Å². The van der Waals surface area contributed by atoms with E-state index < -0.39 is 0 Å². The molecule has 3 nitrogen and oxygen atoms in total. The van der Waals surface area contributed by atoms with Crippen molar-refractivity contribution in [1.82, 2.24) is 5.32 Å². The third kappa shape index (κ3) is 2.28. The predicted molar refractivity (Wildman–Crippen MR) is 60.8 cm³/mol. The van der Waals surface area contributed by atoms with Gasteiger partial charge in [0.25, 0.3) is 0 Å². The highest BCUT2D eigenvalue weighted by Crippen LogP contribution is 2.18. The lowest BCUT2D eigenvalue weighted by molar-refractivity contribution is 0.792. The van der Waals surface area contributed by atoms with Gasteiger partial charge in [0.2, 0.25) is 0 Å². The number of hydrogen-bond acceptors (Lipinski definition) is 3. The van der Waals surface area contributed by atoms with Crippen molar-refractivity contribution in [1.29, 1.82) is 5.26 Å². The van der Waals surface area contributed by atoms with Crippen molar-refractivity contribution in [2.24, 2.45) is 0 Å². The lowest BCUT2D eigenvalue weighted by Gasteiger charge is -2.15. The largest absolute Gasteiger partial charge is 0.381 e. The van der Waals surface area contributed by atoms with Gasteiger partial charge >= 0.3 is 0 Å². The molecule has 1 heterocycles. The van der Waals surface area contributed by atoms with Crippen LogP contribution >= 0.6 is 0 Å². The van der Waals surface area contributed by atoms with Crippen LogP contribution in [-0.4, -0.2) is 19.1 Å².